The van der Waals surface area contributed by atoms with Crippen LogP contribution in [0.4, 0.5) is 4.79 Å². The summed E-state index contributed by atoms with van der Waals surface area (Å²) >= 11 is 0. The summed E-state index contributed by atoms with van der Waals surface area (Å²) in [6, 6.07) is 55.6. The van der Waals surface area contributed by atoms with Gasteiger partial charge in [0.25, 0.3) is 20.0 Å². The molecule has 0 bridgehead atoms. The van der Waals surface area contributed by atoms with E-state index in [1.54, 1.807) is 148 Å². The molecule has 26 heteroatoms. The predicted octanol–water partition coefficient (Wildman–Crippen LogP) is 14.9. The van der Waals surface area contributed by atoms with E-state index in [1.807, 2.05) is 163 Å². The summed E-state index contributed by atoms with van der Waals surface area (Å²) in [5, 5.41) is 14.5. The zero-order valence-electron chi connectivity index (χ0n) is 65.3. The van der Waals surface area contributed by atoms with Gasteiger partial charge in [-0.25, -0.2) is 49.3 Å². The number of fused-ring (bicyclic) bond motifs is 3. The fourth-order valence-electron chi connectivity index (χ4n) is 13.2. The lowest BCUT2D eigenvalue weighted by Gasteiger charge is -2.32. The summed E-state index contributed by atoms with van der Waals surface area (Å²) in [6.07, 6.45) is 9.87. The van der Waals surface area contributed by atoms with Crippen LogP contribution < -0.4 is 30.7 Å². The molecule has 2 amide bonds. The van der Waals surface area contributed by atoms with Crippen molar-refractivity contribution in [1.29, 1.82) is 0 Å². The molecule has 7 aromatic carbocycles. The number of H-pyrrole nitrogens is 1. The van der Waals surface area contributed by atoms with Gasteiger partial charge >= 0.3 is 19.2 Å². The largest absolute Gasteiger partial charge is 0.496 e. The highest BCUT2D eigenvalue weighted by atomic mass is 32.2. The number of rotatable bonds is 20. The number of nitrogens with one attached hydrogen (secondary N) is 2. The molecule has 2 unspecified atom stereocenters. The molecule has 582 valence electrons. The highest BCUT2D eigenvalue weighted by Gasteiger charge is 2.52. The van der Waals surface area contributed by atoms with Crippen molar-refractivity contribution in [3.8, 4) is 72.9 Å². The van der Waals surface area contributed by atoms with Crippen LogP contribution in [-0.2, 0) is 56.5 Å². The third kappa shape index (κ3) is 17.4. The van der Waals surface area contributed by atoms with E-state index in [-0.39, 0.29) is 27.8 Å². The number of amides is 2. The smallest absolute Gasteiger partial charge is 0.496 e. The van der Waals surface area contributed by atoms with E-state index < -0.39 is 68.1 Å². The van der Waals surface area contributed by atoms with Gasteiger partial charge in [0.15, 0.2) is 11.3 Å². The van der Waals surface area contributed by atoms with Crippen LogP contribution in [0.3, 0.4) is 0 Å². The maximum Gasteiger partial charge on any atom is 0.496 e. The lowest BCUT2D eigenvalue weighted by Crippen LogP contribution is -2.44. The van der Waals surface area contributed by atoms with E-state index in [2.05, 4.69) is 37.4 Å². The Kier molecular flexibility index (Phi) is 23.4. The fraction of sp³-hybridized carbons (Fsp3) is 0.241. The van der Waals surface area contributed by atoms with Gasteiger partial charge in [-0.05, 0) is 152 Å². The number of nitrogens with two attached hydrogens (primary N) is 1. The first-order chi connectivity index (χ1) is 53.7. The number of hydrogen-bond acceptors (Lipinski definition) is 17. The summed E-state index contributed by atoms with van der Waals surface area (Å²) in [5.41, 5.74) is 18.2. The number of carbonyl (C=O) groups is 3. The van der Waals surface area contributed by atoms with Gasteiger partial charge in [-0.3, -0.25) is 4.79 Å². The molecule has 13 aromatic rings. The Morgan fingerprint density at radius 2 is 0.991 bits per heavy atom. The van der Waals surface area contributed by atoms with Crippen LogP contribution in [0.5, 0.6) is 17.2 Å². The molecule has 0 saturated carbocycles. The van der Waals surface area contributed by atoms with E-state index >= 15 is 0 Å². The van der Waals surface area contributed by atoms with E-state index in [0.29, 0.717) is 67.6 Å². The molecule has 113 heavy (non-hydrogen) atoms. The first-order valence-electron chi connectivity index (χ1n) is 36.5. The van der Waals surface area contributed by atoms with Gasteiger partial charge in [0, 0.05) is 124 Å². The number of benzene rings is 7. The van der Waals surface area contributed by atoms with Crippen LogP contribution in [0.25, 0.3) is 88.7 Å². The second-order valence-corrected chi connectivity index (χ2v) is 33.4. The second-order valence-electron chi connectivity index (χ2n) is 29.7. The standard InChI is InChI=1S/C35H35N3O7S.C27H29BN2O5S.C25H26N4O2/c1-22-13-15-26(16-14-22)46(42,43)38-21-29(27-11-6-7-12-31(27)44-5)28-19-25(20-36-32(28)38)24-10-8-9-23(17-24)18-30(33(39)40)37-34(41)45-35(2,3)4;1-18-11-13-20(14-12-18)36(31,32)30-17-23(21-9-7-8-10-24(21)33-6)22-15-19(16-29-25(22)30)28-34-26(2,3)27(4,5)35-28;1-29(2)25(30)22(26)12-16-7-6-8-17(11-16)18-13-20-21(15-28-24(20)27-14-18)19-9-4-5-10-23(19)31-3/h6-17,19-21,30H,18H2,1-5H3,(H,37,41)(H,39,40);7-17H,1-6H3;4-11,13-15,22H,12,26H2,1-3H3,(H,27,28). The number of likely N-dealkylation sites (N-methyl/N-ethyl adjacent to an activating group) is 1. The van der Waals surface area contributed by atoms with E-state index in [0.717, 1.165) is 66.9 Å². The third-order valence-electron chi connectivity index (χ3n) is 19.8. The van der Waals surface area contributed by atoms with Crippen molar-refractivity contribution in [1.82, 2.24) is 38.1 Å². The van der Waals surface area contributed by atoms with Gasteiger partial charge in [0.1, 0.15) is 34.5 Å². The monoisotopic (exact) mass is 1560 g/mol. The zero-order chi connectivity index (χ0) is 81.1. The number of carbonyl (C=O) groups excluding carboxylic acids is 2. The third-order valence-corrected chi connectivity index (χ3v) is 23.1. The van der Waals surface area contributed by atoms with Gasteiger partial charge in [-0.15, -0.1) is 0 Å². The number of pyridine rings is 3. The molecule has 0 spiro atoms. The molecule has 1 aliphatic heterocycles. The number of aromatic amines is 1. The average molecular weight is 1560 g/mol. The van der Waals surface area contributed by atoms with Crippen molar-refractivity contribution in [3.05, 3.63) is 247 Å². The van der Waals surface area contributed by atoms with E-state index in [4.69, 9.17) is 34.0 Å². The second kappa shape index (κ2) is 32.8. The van der Waals surface area contributed by atoms with Crippen LogP contribution in [-0.4, -0.2) is 144 Å². The van der Waals surface area contributed by atoms with Crippen LogP contribution >= 0.6 is 0 Å². The molecule has 1 aliphatic rings. The van der Waals surface area contributed by atoms with Gasteiger partial charge in [-0.2, -0.15) is 0 Å². The van der Waals surface area contributed by atoms with Crippen molar-refractivity contribution in [3.63, 3.8) is 0 Å². The molecule has 1 saturated heterocycles. The van der Waals surface area contributed by atoms with Crippen molar-refractivity contribution in [2.75, 3.05) is 35.4 Å². The number of para-hydroxylation sites is 3. The van der Waals surface area contributed by atoms with Gasteiger partial charge in [0.05, 0.1) is 48.4 Å². The van der Waals surface area contributed by atoms with E-state index in [9.17, 15) is 36.3 Å². The van der Waals surface area contributed by atoms with Crippen molar-refractivity contribution in [2.45, 2.75) is 114 Å². The molecular formula is C87H90BN9O14S2. The maximum atomic E-state index is 13.9. The lowest BCUT2D eigenvalue weighted by molar-refractivity contribution is -0.139. The Balaban J connectivity index is 0.000000160. The summed E-state index contributed by atoms with van der Waals surface area (Å²) in [4.78, 5) is 55.4. The Labute approximate surface area is 657 Å². The first-order valence-corrected chi connectivity index (χ1v) is 39.3. The number of ether oxygens (including phenoxy) is 4. The Bertz CT molecular complexity index is 5940. The number of carboxylic acid groups (broad SMARTS) is 1. The number of aromatic nitrogens is 6. The average Bonchev–Trinajstić information content (AvgIpc) is 1.60. The number of nitrogens with zero attached hydrogens (tertiary/aromatic N) is 6. The van der Waals surface area contributed by atoms with Gasteiger partial charge in [0.2, 0.25) is 5.91 Å². The van der Waals surface area contributed by atoms with Crippen LogP contribution in [0.2, 0.25) is 0 Å². The number of alkyl carbamates (subject to hydrolysis) is 1. The van der Waals surface area contributed by atoms with Crippen LogP contribution in [0.1, 0.15) is 70.7 Å². The Hall–Kier alpha value is -11.9. The van der Waals surface area contributed by atoms with Crippen LogP contribution in [0, 0.1) is 13.8 Å². The van der Waals surface area contributed by atoms with Crippen molar-refractivity contribution >= 4 is 83.7 Å². The number of methoxy groups -OCH3 is 3. The molecule has 0 radical (unpaired) electrons. The first kappa shape index (κ1) is 80.6. The minimum Gasteiger partial charge on any atom is -0.496 e. The molecule has 1 fully saturated rings. The minimum absolute atomic E-state index is 0.00965. The molecule has 23 nitrogen and oxygen atoms in total. The Morgan fingerprint density at radius 1 is 0.558 bits per heavy atom. The van der Waals surface area contributed by atoms with Crippen LogP contribution in [0.15, 0.2) is 235 Å². The summed E-state index contributed by atoms with van der Waals surface area (Å²) < 4.78 is 92.1. The van der Waals surface area contributed by atoms with Gasteiger partial charge < -0.3 is 54.3 Å². The minimum atomic E-state index is -4.00. The molecule has 7 heterocycles. The summed E-state index contributed by atoms with van der Waals surface area (Å²) in [6.45, 7) is 16.9. The number of carboxylic acids is 1. The Morgan fingerprint density at radius 3 is 1.45 bits per heavy atom. The molecule has 0 aliphatic carbocycles. The molecule has 2 atom stereocenters. The lowest BCUT2D eigenvalue weighted by atomic mass is 9.79. The van der Waals surface area contributed by atoms with Gasteiger partial charge in [-0.1, -0.05) is 139 Å². The maximum absolute atomic E-state index is 13.9. The normalized spacial score (nSPS) is 13.8. The quantitative estimate of drug-likeness (QED) is 0.0515. The zero-order valence-corrected chi connectivity index (χ0v) is 67.0. The highest BCUT2D eigenvalue weighted by molar-refractivity contribution is 7.90. The summed E-state index contributed by atoms with van der Waals surface area (Å²) in [7, 11) is -0.283. The predicted molar refractivity (Wildman–Crippen MR) is 441 cm³/mol. The van der Waals surface area contributed by atoms with E-state index in [1.165, 1.54) is 12.8 Å². The number of aliphatic carboxylic acids is 1. The number of aryl methyl sites for hydroxylation is 2. The van der Waals surface area contributed by atoms with Crippen molar-refractivity contribution < 1.29 is 64.6 Å². The topological polar surface area (TPSA) is 301 Å². The number of hydrogen-bond donors (Lipinski definition) is 4. The molecule has 6 aromatic heterocycles. The molecule has 14 rings (SSSR count). The fourth-order valence-corrected chi connectivity index (χ4v) is 15.8. The molecule has 5 N–H and O–H groups in total. The summed E-state index contributed by atoms with van der Waals surface area (Å²) in [5.74, 6) is 0.735. The highest BCUT2D eigenvalue weighted by Crippen LogP contribution is 2.43. The molecular weight excluding hydrogens is 1470 g/mol. The SMILES string of the molecule is COc1ccccc1-c1c[nH]c2ncc(-c3cccc(CC(N)C(=O)N(C)C)c3)cc12.COc1ccccc1-c1cn(S(=O)(=O)c2ccc(C)cc2)c2ncc(-c3cccc(CC(NC(=O)OC(C)(C)C)C(=O)O)c3)cc12.COc1ccccc1-c1cn(S(=O)(=O)c2ccc(C)cc2)c2ncc(B3OC(C)(C)C(C)(C)O3)cc12. The van der Waals surface area contributed by atoms with Crippen molar-refractivity contribution in [2.24, 2.45) is 5.73 Å².